The van der Waals surface area contributed by atoms with Crippen molar-refractivity contribution >= 4 is 22.6 Å². The molecule has 174 valence electrons. The highest BCUT2D eigenvalue weighted by atomic mass is 35.5. The molecule has 0 N–H and O–H groups in total. The van der Waals surface area contributed by atoms with Crippen LogP contribution in [0.3, 0.4) is 0 Å². The van der Waals surface area contributed by atoms with Crippen LogP contribution >= 0.6 is 11.6 Å². The van der Waals surface area contributed by atoms with E-state index in [1.54, 1.807) is 44.4 Å². The van der Waals surface area contributed by atoms with E-state index in [9.17, 15) is 4.79 Å². The Hall–Kier alpha value is -3.48. The molecule has 3 aromatic carbocycles. The molecule has 0 spiro atoms. The maximum atomic E-state index is 13.3. The number of hydrogen-bond acceptors (Lipinski definition) is 6. The van der Waals surface area contributed by atoms with E-state index < -0.39 is 0 Å². The molecule has 0 unspecified atom stereocenters. The lowest BCUT2D eigenvalue weighted by Gasteiger charge is -2.29. The molecule has 0 saturated heterocycles. The summed E-state index contributed by atoms with van der Waals surface area (Å²) in [6.45, 7) is 3.65. The Labute approximate surface area is 202 Å². The molecule has 1 aromatic heterocycles. The third kappa shape index (κ3) is 4.47. The van der Waals surface area contributed by atoms with Gasteiger partial charge in [0.2, 0.25) is 11.2 Å². The van der Waals surface area contributed by atoms with E-state index in [1.807, 2.05) is 30.3 Å². The van der Waals surface area contributed by atoms with Crippen LogP contribution < -0.4 is 19.6 Å². The van der Waals surface area contributed by atoms with Gasteiger partial charge in [-0.15, -0.1) is 0 Å². The molecule has 1 aliphatic rings. The normalized spacial score (nSPS) is 13.4. The van der Waals surface area contributed by atoms with Gasteiger partial charge in [-0.3, -0.25) is 9.69 Å². The average molecular weight is 478 g/mol. The van der Waals surface area contributed by atoms with Gasteiger partial charge in [0.15, 0.2) is 0 Å². The molecular weight excluding hydrogens is 454 g/mol. The molecule has 0 aliphatic carbocycles. The van der Waals surface area contributed by atoms with Crippen LogP contribution in [0, 0.1) is 6.92 Å². The van der Waals surface area contributed by atoms with Crippen LogP contribution in [-0.4, -0.2) is 25.3 Å². The number of benzene rings is 3. The SMILES string of the molecule is COc1ccc(Oc2c(C)oc3c4c(ccc3c2=O)OCN(CCc2ccc(Cl)cc2)C4)cc1. The summed E-state index contributed by atoms with van der Waals surface area (Å²) in [5.74, 6) is 2.57. The lowest BCUT2D eigenvalue weighted by atomic mass is 10.1. The Balaban J connectivity index is 1.41. The van der Waals surface area contributed by atoms with Gasteiger partial charge >= 0.3 is 0 Å². The first-order valence-corrected chi connectivity index (χ1v) is 11.4. The average Bonchev–Trinajstić information content (AvgIpc) is 2.86. The molecule has 5 rings (SSSR count). The van der Waals surface area contributed by atoms with Crippen LogP contribution in [-0.2, 0) is 13.0 Å². The summed E-state index contributed by atoms with van der Waals surface area (Å²) in [6, 6.07) is 18.5. The molecule has 0 radical (unpaired) electrons. The Bertz CT molecular complexity index is 1380. The standard InChI is InChI=1S/C27H24ClNO5/c1-17-26(34-21-9-7-20(31-2)8-10-21)25(30)22-11-12-24-23(27(22)33-17)15-29(16-32-24)14-13-18-3-5-19(28)6-4-18/h3-12H,13-16H2,1-2H3. The van der Waals surface area contributed by atoms with Gasteiger partial charge in [0.1, 0.15) is 35.3 Å². The third-order valence-corrected chi connectivity index (χ3v) is 6.19. The van der Waals surface area contributed by atoms with Crippen molar-refractivity contribution < 1.29 is 18.6 Å². The van der Waals surface area contributed by atoms with Crippen LogP contribution in [0.4, 0.5) is 0 Å². The minimum Gasteiger partial charge on any atom is -0.497 e. The number of nitrogens with zero attached hydrogens (tertiary/aromatic N) is 1. The number of aryl methyl sites for hydroxylation is 1. The van der Waals surface area contributed by atoms with E-state index in [1.165, 1.54) is 5.56 Å². The van der Waals surface area contributed by atoms with E-state index in [0.29, 0.717) is 41.5 Å². The molecular formula is C27H24ClNO5. The van der Waals surface area contributed by atoms with Gasteiger partial charge in [-0.2, -0.15) is 0 Å². The number of hydrogen-bond donors (Lipinski definition) is 0. The lowest BCUT2D eigenvalue weighted by Crippen LogP contribution is -2.33. The zero-order chi connectivity index (χ0) is 23.7. The molecule has 4 aromatic rings. The Kier molecular flexibility index (Phi) is 6.18. The van der Waals surface area contributed by atoms with Crippen molar-refractivity contribution in [3.8, 4) is 23.0 Å². The highest BCUT2D eigenvalue weighted by molar-refractivity contribution is 6.30. The van der Waals surface area contributed by atoms with Crippen molar-refractivity contribution in [1.29, 1.82) is 0 Å². The number of methoxy groups -OCH3 is 1. The molecule has 0 atom stereocenters. The lowest BCUT2D eigenvalue weighted by molar-refractivity contribution is 0.0968. The second-order valence-electron chi connectivity index (χ2n) is 8.22. The van der Waals surface area contributed by atoms with Gasteiger partial charge in [0.25, 0.3) is 0 Å². The molecule has 7 heteroatoms. The highest BCUT2D eigenvalue weighted by Crippen LogP contribution is 2.34. The third-order valence-electron chi connectivity index (χ3n) is 5.94. The van der Waals surface area contributed by atoms with E-state index in [-0.39, 0.29) is 11.2 Å². The molecule has 0 bridgehead atoms. The predicted octanol–water partition coefficient (Wildman–Crippen LogP) is 5.95. The van der Waals surface area contributed by atoms with E-state index >= 15 is 0 Å². The summed E-state index contributed by atoms with van der Waals surface area (Å²) in [4.78, 5) is 15.5. The number of rotatable bonds is 6. The topological polar surface area (TPSA) is 61.1 Å². The summed E-state index contributed by atoms with van der Waals surface area (Å²) in [7, 11) is 1.60. The van der Waals surface area contributed by atoms with Crippen LogP contribution in [0.1, 0.15) is 16.9 Å². The first-order valence-electron chi connectivity index (χ1n) is 11.0. The van der Waals surface area contributed by atoms with Gasteiger partial charge in [-0.05, 0) is 67.4 Å². The van der Waals surface area contributed by atoms with Crippen molar-refractivity contribution in [2.75, 3.05) is 20.4 Å². The fourth-order valence-electron chi connectivity index (χ4n) is 4.06. The fourth-order valence-corrected chi connectivity index (χ4v) is 4.19. The van der Waals surface area contributed by atoms with E-state index in [2.05, 4.69) is 4.90 Å². The zero-order valence-electron chi connectivity index (χ0n) is 19.0. The van der Waals surface area contributed by atoms with Crippen molar-refractivity contribution in [2.45, 2.75) is 19.9 Å². The second-order valence-corrected chi connectivity index (χ2v) is 8.65. The Morgan fingerprint density at radius 3 is 2.47 bits per heavy atom. The molecule has 0 saturated carbocycles. The fraction of sp³-hybridized carbons (Fsp3) is 0.222. The van der Waals surface area contributed by atoms with Crippen LogP contribution in [0.2, 0.25) is 5.02 Å². The number of fused-ring (bicyclic) bond motifs is 3. The van der Waals surface area contributed by atoms with Crippen molar-refractivity contribution in [1.82, 2.24) is 4.90 Å². The molecule has 2 heterocycles. The Morgan fingerprint density at radius 2 is 1.74 bits per heavy atom. The zero-order valence-corrected chi connectivity index (χ0v) is 19.7. The molecule has 0 fully saturated rings. The maximum Gasteiger partial charge on any atom is 0.235 e. The van der Waals surface area contributed by atoms with E-state index in [0.717, 1.165) is 29.3 Å². The van der Waals surface area contributed by atoms with Gasteiger partial charge < -0.3 is 18.6 Å². The molecule has 0 amide bonds. The van der Waals surface area contributed by atoms with Crippen molar-refractivity contribution in [3.05, 3.63) is 92.8 Å². The Morgan fingerprint density at radius 1 is 1.00 bits per heavy atom. The van der Waals surface area contributed by atoms with Crippen LogP contribution in [0.5, 0.6) is 23.0 Å². The van der Waals surface area contributed by atoms with Crippen molar-refractivity contribution in [2.24, 2.45) is 0 Å². The monoisotopic (exact) mass is 477 g/mol. The first-order chi connectivity index (χ1) is 16.5. The quantitative estimate of drug-likeness (QED) is 0.342. The van der Waals surface area contributed by atoms with Gasteiger partial charge in [0.05, 0.1) is 18.1 Å². The van der Waals surface area contributed by atoms with Crippen LogP contribution in [0.15, 0.2) is 69.9 Å². The predicted molar refractivity (Wildman–Crippen MR) is 131 cm³/mol. The van der Waals surface area contributed by atoms with Gasteiger partial charge in [0, 0.05) is 18.1 Å². The number of ether oxygens (including phenoxy) is 3. The molecule has 6 nitrogen and oxygen atoms in total. The maximum absolute atomic E-state index is 13.3. The minimum absolute atomic E-state index is 0.175. The summed E-state index contributed by atoms with van der Waals surface area (Å²) in [5.41, 5.74) is 2.40. The second kappa shape index (κ2) is 9.41. The summed E-state index contributed by atoms with van der Waals surface area (Å²) < 4.78 is 23.2. The van der Waals surface area contributed by atoms with Gasteiger partial charge in [-0.25, -0.2) is 0 Å². The summed E-state index contributed by atoms with van der Waals surface area (Å²) in [6.07, 6.45) is 0.865. The van der Waals surface area contributed by atoms with Crippen molar-refractivity contribution in [3.63, 3.8) is 0 Å². The smallest absolute Gasteiger partial charge is 0.235 e. The van der Waals surface area contributed by atoms with Crippen LogP contribution in [0.25, 0.3) is 11.0 Å². The molecule has 1 aliphatic heterocycles. The minimum atomic E-state index is -0.212. The largest absolute Gasteiger partial charge is 0.497 e. The number of halogens is 1. The highest BCUT2D eigenvalue weighted by Gasteiger charge is 2.24. The van der Waals surface area contributed by atoms with E-state index in [4.69, 9.17) is 30.2 Å². The molecule has 34 heavy (non-hydrogen) atoms. The van der Waals surface area contributed by atoms with Gasteiger partial charge in [-0.1, -0.05) is 23.7 Å². The summed E-state index contributed by atoms with van der Waals surface area (Å²) in [5, 5.41) is 1.20. The first kappa shape index (κ1) is 22.3. The summed E-state index contributed by atoms with van der Waals surface area (Å²) >= 11 is 5.99.